The molecular weight excluding hydrogens is 423 g/mol. The Balaban J connectivity index is 1.83. The summed E-state index contributed by atoms with van der Waals surface area (Å²) >= 11 is 5.79. The monoisotopic (exact) mass is 437 g/mol. The lowest BCUT2D eigenvalue weighted by Crippen LogP contribution is -2.14. The maximum absolute atomic E-state index is 13.2. The fourth-order valence-electron chi connectivity index (χ4n) is 2.58. The molecular formula is C20H15ClF3N3O3. The zero-order chi connectivity index (χ0) is 21.9. The molecule has 6 nitrogen and oxygen atoms in total. The van der Waals surface area contributed by atoms with Gasteiger partial charge in [-0.3, -0.25) is 4.79 Å². The van der Waals surface area contributed by atoms with Crippen molar-refractivity contribution in [1.82, 2.24) is 9.78 Å². The van der Waals surface area contributed by atoms with E-state index in [2.05, 4.69) is 15.2 Å². The molecule has 0 atom stereocenters. The summed E-state index contributed by atoms with van der Waals surface area (Å²) in [5, 5.41) is 6.65. The van der Waals surface area contributed by atoms with Gasteiger partial charge in [-0.2, -0.15) is 18.3 Å². The number of rotatable bonds is 5. The van der Waals surface area contributed by atoms with Crippen LogP contribution < -0.4 is 5.32 Å². The highest BCUT2D eigenvalue weighted by Gasteiger charge is 2.39. The highest BCUT2D eigenvalue weighted by molar-refractivity contribution is 6.30. The lowest BCUT2D eigenvalue weighted by atomic mass is 10.2. The largest absolute Gasteiger partial charge is 0.462 e. The summed E-state index contributed by atoms with van der Waals surface area (Å²) < 4.78 is 45.3. The maximum atomic E-state index is 13.2. The number of nitrogens with one attached hydrogen (secondary N) is 1. The molecule has 30 heavy (non-hydrogen) atoms. The lowest BCUT2D eigenvalue weighted by Gasteiger charge is -2.07. The number of aromatic nitrogens is 2. The number of halogens is 4. The van der Waals surface area contributed by atoms with E-state index in [1.165, 1.54) is 31.2 Å². The van der Waals surface area contributed by atoms with Gasteiger partial charge in [0.1, 0.15) is 5.56 Å². The summed E-state index contributed by atoms with van der Waals surface area (Å²) in [6, 6.07) is 12.2. The van der Waals surface area contributed by atoms with Crippen LogP contribution in [0.5, 0.6) is 0 Å². The van der Waals surface area contributed by atoms with Crippen molar-refractivity contribution in [3.63, 3.8) is 0 Å². The van der Waals surface area contributed by atoms with E-state index in [-0.39, 0.29) is 18.2 Å². The first-order valence-electron chi connectivity index (χ1n) is 8.70. The van der Waals surface area contributed by atoms with E-state index in [4.69, 9.17) is 11.6 Å². The van der Waals surface area contributed by atoms with E-state index in [0.29, 0.717) is 16.3 Å². The van der Waals surface area contributed by atoms with Crippen molar-refractivity contribution in [2.24, 2.45) is 0 Å². The van der Waals surface area contributed by atoms with Gasteiger partial charge in [0, 0.05) is 22.5 Å². The first-order chi connectivity index (χ1) is 14.2. The number of hydrogen-bond donors (Lipinski definition) is 1. The molecule has 1 amide bonds. The average molecular weight is 438 g/mol. The minimum Gasteiger partial charge on any atom is -0.462 e. The molecule has 0 unspecified atom stereocenters. The predicted octanol–water partition coefficient (Wildman–Crippen LogP) is 4.97. The second-order valence-corrected chi connectivity index (χ2v) is 6.50. The van der Waals surface area contributed by atoms with Crippen molar-refractivity contribution in [3.8, 4) is 5.69 Å². The van der Waals surface area contributed by atoms with E-state index in [0.717, 1.165) is 10.9 Å². The molecule has 0 aliphatic carbocycles. The quantitative estimate of drug-likeness (QED) is 0.572. The van der Waals surface area contributed by atoms with E-state index in [1.807, 2.05) is 0 Å². The van der Waals surface area contributed by atoms with Crippen molar-refractivity contribution in [3.05, 3.63) is 76.6 Å². The number of carbonyl (C=O) groups is 2. The van der Waals surface area contributed by atoms with Gasteiger partial charge in [0.05, 0.1) is 12.3 Å². The number of anilines is 1. The lowest BCUT2D eigenvalue weighted by molar-refractivity contribution is -0.141. The maximum Gasteiger partial charge on any atom is 0.436 e. The number of amides is 1. The van der Waals surface area contributed by atoms with E-state index < -0.39 is 23.4 Å². The molecule has 2 aromatic carbocycles. The summed E-state index contributed by atoms with van der Waals surface area (Å²) in [6.45, 7) is 1.43. The van der Waals surface area contributed by atoms with Crippen LogP contribution in [0, 0.1) is 0 Å². The molecule has 0 bridgehead atoms. The Hall–Kier alpha value is -3.33. The van der Waals surface area contributed by atoms with Crippen LogP contribution in [0.15, 0.2) is 54.7 Å². The first-order valence-corrected chi connectivity index (χ1v) is 9.08. The van der Waals surface area contributed by atoms with Crippen LogP contribution in [0.3, 0.4) is 0 Å². The standard InChI is InChI=1S/C20H15ClF3N3O3/c1-2-30-19(29)16-11-27(26-17(16)20(22,23)24)15-9-7-14(8-10-15)25-18(28)12-3-5-13(21)6-4-12/h3-11H,2H2,1H3,(H,25,28). The third-order valence-electron chi connectivity index (χ3n) is 3.97. The average Bonchev–Trinajstić information content (AvgIpc) is 3.15. The Morgan fingerprint density at radius 1 is 1.10 bits per heavy atom. The van der Waals surface area contributed by atoms with Crippen molar-refractivity contribution in [2.75, 3.05) is 11.9 Å². The van der Waals surface area contributed by atoms with Crippen LogP contribution in [0.4, 0.5) is 18.9 Å². The van der Waals surface area contributed by atoms with Gasteiger partial charge in [-0.15, -0.1) is 0 Å². The topological polar surface area (TPSA) is 73.2 Å². The molecule has 1 aromatic heterocycles. The Kier molecular flexibility index (Phi) is 6.12. The third kappa shape index (κ3) is 4.80. The van der Waals surface area contributed by atoms with Gasteiger partial charge >= 0.3 is 12.1 Å². The van der Waals surface area contributed by atoms with Gasteiger partial charge in [-0.25, -0.2) is 9.48 Å². The van der Waals surface area contributed by atoms with E-state index in [1.54, 1.807) is 24.3 Å². The van der Waals surface area contributed by atoms with Gasteiger partial charge in [0.15, 0.2) is 5.69 Å². The molecule has 0 spiro atoms. The highest BCUT2D eigenvalue weighted by atomic mass is 35.5. The number of alkyl halides is 3. The first kappa shape index (κ1) is 21.4. The Morgan fingerprint density at radius 2 is 1.73 bits per heavy atom. The Labute approximate surface area is 174 Å². The number of esters is 1. The minimum absolute atomic E-state index is 0.0661. The summed E-state index contributed by atoms with van der Waals surface area (Å²) in [5.41, 5.74) is -0.928. The summed E-state index contributed by atoms with van der Waals surface area (Å²) in [6.07, 6.45) is -3.86. The Morgan fingerprint density at radius 3 is 2.30 bits per heavy atom. The van der Waals surface area contributed by atoms with Crippen LogP contribution in [0.25, 0.3) is 5.69 Å². The van der Waals surface area contributed by atoms with Crippen molar-refractivity contribution in [1.29, 1.82) is 0 Å². The number of nitrogens with zero attached hydrogens (tertiary/aromatic N) is 2. The fourth-order valence-corrected chi connectivity index (χ4v) is 2.70. The van der Waals surface area contributed by atoms with Gasteiger partial charge < -0.3 is 10.1 Å². The Bertz CT molecular complexity index is 1060. The van der Waals surface area contributed by atoms with Gasteiger partial charge in [-0.1, -0.05) is 11.6 Å². The van der Waals surface area contributed by atoms with Crippen molar-refractivity contribution >= 4 is 29.2 Å². The molecule has 0 radical (unpaired) electrons. The number of hydrogen-bond acceptors (Lipinski definition) is 4. The molecule has 0 aliphatic heterocycles. The summed E-state index contributed by atoms with van der Waals surface area (Å²) in [7, 11) is 0. The van der Waals surface area contributed by atoms with Gasteiger partial charge in [0.25, 0.3) is 5.91 Å². The smallest absolute Gasteiger partial charge is 0.436 e. The second-order valence-electron chi connectivity index (χ2n) is 6.06. The number of carbonyl (C=O) groups excluding carboxylic acids is 2. The normalized spacial score (nSPS) is 11.2. The second kappa shape index (κ2) is 8.58. The fraction of sp³-hybridized carbons (Fsp3) is 0.150. The predicted molar refractivity (Wildman–Crippen MR) is 104 cm³/mol. The van der Waals surface area contributed by atoms with Crippen molar-refractivity contribution < 1.29 is 27.5 Å². The molecule has 3 rings (SSSR count). The molecule has 0 aliphatic rings. The highest BCUT2D eigenvalue weighted by Crippen LogP contribution is 2.32. The van der Waals surface area contributed by atoms with E-state index in [9.17, 15) is 22.8 Å². The zero-order valence-corrected chi connectivity index (χ0v) is 16.3. The third-order valence-corrected chi connectivity index (χ3v) is 4.23. The number of ether oxygens (including phenoxy) is 1. The number of benzene rings is 2. The van der Waals surface area contributed by atoms with Crippen LogP contribution >= 0.6 is 11.6 Å². The molecule has 3 aromatic rings. The van der Waals surface area contributed by atoms with Crippen LogP contribution in [-0.4, -0.2) is 28.3 Å². The molecule has 10 heteroatoms. The molecule has 1 heterocycles. The molecule has 0 saturated heterocycles. The van der Waals surface area contributed by atoms with Crippen molar-refractivity contribution in [2.45, 2.75) is 13.1 Å². The summed E-state index contributed by atoms with van der Waals surface area (Å²) in [5.74, 6) is -1.48. The van der Waals surface area contributed by atoms with Crippen LogP contribution in [0.2, 0.25) is 5.02 Å². The van der Waals surface area contributed by atoms with Crippen LogP contribution in [0.1, 0.15) is 33.3 Å². The summed E-state index contributed by atoms with van der Waals surface area (Å²) in [4.78, 5) is 24.1. The minimum atomic E-state index is -4.82. The zero-order valence-electron chi connectivity index (χ0n) is 15.5. The SMILES string of the molecule is CCOC(=O)c1cn(-c2ccc(NC(=O)c3ccc(Cl)cc3)cc2)nc1C(F)(F)F. The van der Waals surface area contributed by atoms with E-state index >= 15 is 0 Å². The van der Waals surface area contributed by atoms with Gasteiger partial charge in [0.2, 0.25) is 0 Å². The molecule has 1 N–H and O–H groups in total. The van der Waals surface area contributed by atoms with Gasteiger partial charge in [-0.05, 0) is 55.5 Å². The van der Waals surface area contributed by atoms with Crippen LogP contribution in [-0.2, 0) is 10.9 Å². The molecule has 0 fully saturated rings. The molecule has 0 saturated carbocycles. The molecule has 156 valence electrons.